The van der Waals surface area contributed by atoms with Gasteiger partial charge in [0.1, 0.15) is 5.69 Å². The lowest BCUT2D eigenvalue weighted by atomic mass is 10.0. The van der Waals surface area contributed by atoms with E-state index >= 15 is 0 Å². The Balaban J connectivity index is 3.28. The van der Waals surface area contributed by atoms with Crippen molar-refractivity contribution in [3.8, 4) is 0 Å². The quantitative estimate of drug-likeness (QED) is 0.0984. The topological polar surface area (TPSA) is 226 Å². The molecule has 0 saturated heterocycles. The zero-order chi connectivity index (χ0) is 29.9. The van der Waals surface area contributed by atoms with Crippen LogP contribution in [0.3, 0.4) is 0 Å². The molecule has 18 heteroatoms. The van der Waals surface area contributed by atoms with Gasteiger partial charge in [0.25, 0.3) is 37.5 Å². The second kappa shape index (κ2) is 15.0. The summed E-state index contributed by atoms with van der Waals surface area (Å²) >= 11 is 0. The molecule has 0 aliphatic carbocycles. The van der Waals surface area contributed by atoms with Gasteiger partial charge in [-0.15, -0.1) is 0 Å². The summed E-state index contributed by atoms with van der Waals surface area (Å²) < 4.78 is 56.1. The summed E-state index contributed by atoms with van der Waals surface area (Å²) in [5.41, 5.74) is -3.05. The van der Waals surface area contributed by atoms with Crippen molar-refractivity contribution in [3.05, 3.63) is 38.4 Å². The fraction of sp³-hybridized carbons (Fsp3) is 0.667. The molecule has 0 radical (unpaired) electrons. The number of aliphatic hydroxyl groups is 1. The molecule has 1 rings (SSSR count). The van der Waals surface area contributed by atoms with Gasteiger partial charge in [0.15, 0.2) is 5.60 Å². The molecule has 1 unspecified atom stereocenters. The van der Waals surface area contributed by atoms with Gasteiger partial charge in [0.05, 0.1) is 35.0 Å². The highest BCUT2D eigenvalue weighted by molar-refractivity contribution is 7.86. The first kappa shape index (κ1) is 34.1. The lowest BCUT2D eigenvalue weighted by molar-refractivity contribution is -0.393. The van der Waals surface area contributed by atoms with Crippen LogP contribution in [0, 0.1) is 20.2 Å². The van der Waals surface area contributed by atoms with Crippen molar-refractivity contribution in [1.29, 1.82) is 0 Å². The van der Waals surface area contributed by atoms with Crippen LogP contribution in [0.15, 0.2) is 18.2 Å². The Hall–Kier alpha value is -2.93. The number of nitrogens with one attached hydrogen (secondary N) is 1. The molecule has 0 aliphatic rings. The van der Waals surface area contributed by atoms with Crippen molar-refractivity contribution >= 4 is 43.2 Å². The third-order valence-electron chi connectivity index (χ3n) is 5.37. The summed E-state index contributed by atoms with van der Waals surface area (Å²) in [6, 6.07) is 3.03. The first-order chi connectivity index (χ1) is 18.0. The molecule has 0 spiro atoms. The molecule has 1 atom stereocenters. The lowest BCUT2D eigenvalue weighted by Gasteiger charge is -2.31. The Kier molecular flexibility index (Phi) is 13.1. The molecule has 1 aromatic rings. The number of unbranched alkanes of at least 4 members (excludes halogenated alkanes) is 2. The first-order valence-corrected chi connectivity index (χ1v) is 15.4. The highest BCUT2D eigenvalue weighted by atomic mass is 32.2. The average molecular weight is 599 g/mol. The van der Waals surface area contributed by atoms with Gasteiger partial charge in [-0.05, 0) is 38.7 Å². The standard InChI is InChI=1S/C21H34N4O12S2/c1-21(37-39(3,34)35,20(27)22-11-4-6-14-26)10-13-23(12-5-7-15-36-38(2,32)33)18-9-8-17(24(28)29)16-19(18)25(30)31/h8-9,16,26H,4-7,10-15H2,1-3H3,(H,22,27). The van der Waals surface area contributed by atoms with Crippen LogP contribution in [-0.2, 0) is 33.4 Å². The van der Waals surface area contributed by atoms with Crippen LogP contribution >= 0.6 is 0 Å². The van der Waals surface area contributed by atoms with E-state index in [1.165, 1.54) is 17.9 Å². The minimum atomic E-state index is -4.13. The predicted octanol–water partition coefficient (Wildman–Crippen LogP) is 1.08. The Morgan fingerprint density at radius 3 is 2.23 bits per heavy atom. The first-order valence-electron chi connectivity index (χ1n) is 11.8. The maximum Gasteiger partial charge on any atom is 0.299 e. The molecule has 1 amide bonds. The molecule has 0 saturated carbocycles. The number of benzene rings is 1. The van der Waals surface area contributed by atoms with Crippen LogP contribution in [-0.4, -0.2) is 88.7 Å². The largest absolute Gasteiger partial charge is 0.396 e. The van der Waals surface area contributed by atoms with E-state index in [9.17, 15) is 41.9 Å². The second-order valence-electron chi connectivity index (χ2n) is 8.86. The molecule has 0 aromatic heterocycles. The number of aliphatic hydroxyl groups excluding tert-OH is 1. The van der Waals surface area contributed by atoms with Gasteiger partial charge < -0.3 is 15.3 Å². The van der Waals surface area contributed by atoms with Crippen molar-refractivity contribution < 1.29 is 44.9 Å². The number of hydrogen-bond acceptors (Lipinski definition) is 13. The van der Waals surface area contributed by atoms with Crippen molar-refractivity contribution in [3.63, 3.8) is 0 Å². The van der Waals surface area contributed by atoms with E-state index in [1.54, 1.807) is 0 Å². The summed E-state index contributed by atoms with van der Waals surface area (Å²) in [4.78, 5) is 35.6. The van der Waals surface area contributed by atoms with Gasteiger partial charge in [0, 0.05) is 38.7 Å². The number of anilines is 1. The number of non-ortho nitro benzene ring substituents is 1. The monoisotopic (exact) mass is 598 g/mol. The van der Waals surface area contributed by atoms with E-state index in [2.05, 4.69) is 5.32 Å². The lowest BCUT2D eigenvalue weighted by Crippen LogP contribution is -2.50. The molecule has 0 fully saturated rings. The Morgan fingerprint density at radius 2 is 1.69 bits per heavy atom. The molecular formula is C21H34N4O12S2. The Labute approximate surface area is 226 Å². The second-order valence-corrected chi connectivity index (χ2v) is 12.1. The minimum absolute atomic E-state index is 0.0281. The van der Waals surface area contributed by atoms with E-state index in [4.69, 9.17) is 13.5 Å². The van der Waals surface area contributed by atoms with Crippen LogP contribution in [0.1, 0.15) is 39.0 Å². The van der Waals surface area contributed by atoms with Crippen LogP contribution in [0.4, 0.5) is 17.1 Å². The molecule has 0 heterocycles. The number of nitrogens with zero attached hydrogens (tertiary/aromatic N) is 3. The van der Waals surface area contributed by atoms with Gasteiger partial charge in [-0.25, -0.2) is 0 Å². The van der Waals surface area contributed by atoms with Gasteiger partial charge in [-0.2, -0.15) is 16.8 Å². The van der Waals surface area contributed by atoms with Crippen LogP contribution in [0.25, 0.3) is 0 Å². The summed E-state index contributed by atoms with van der Waals surface area (Å²) in [7, 11) is -7.80. The SMILES string of the molecule is CC(CCN(CCCCOS(C)(=O)=O)c1ccc([N+](=O)[O-])cc1[N+](=O)[O-])(OS(C)(=O)=O)C(=O)NCCCCO. The fourth-order valence-electron chi connectivity index (χ4n) is 3.51. The van der Waals surface area contributed by atoms with Gasteiger partial charge in [-0.1, -0.05) is 0 Å². The zero-order valence-corrected chi connectivity index (χ0v) is 23.5. The third kappa shape index (κ3) is 12.6. The van der Waals surface area contributed by atoms with Crippen LogP contribution in [0.5, 0.6) is 0 Å². The van der Waals surface area contributed by atoms with Crippen molar-refractivity contribution in [1.82, 2.24) is 5.32 Å². The number of nitro benzene ring substituents is 2. The molecular weight excluding hydrogens is 564 g/mol. The number of rotatable bonds is 19. The van der Waals surface area contributed by atoms with Crippen molar-refractivity contribution in [2.75, 3.05) is 50.3 Å². The van der Waals surface area contributed by atoms with Crippen molar-refractivity contribution in [2.45, 2.75) is 44.6 Å². The Morgan fingerprint density at radius 1 is 1.03 bits per heavy atom. The number of carbonyl (C=O) groups is 1. The number of amides is 1. The summed E-state index contributed by atoms with van der Waals surface area (Å²) in [6.07, 6.45) is 2.72. The molecule has 0 bridgehead atoms. The van der Waals surface area contributed by atoms with E-state index in [0.717, 1.165) is 24.6 Å². The Bertz CT molecular complexity index is 1220. The highest BCUT2D eigenvalue weighted by Gasteiger charge is 2.38. The van der Waals surface area contributed by atoms with E-state index in [0.29, 0.717) is 12.8 Å². The number of nitro groups is 2. The molecule has 2 N–H and O–H groups in total. The maximum atomic E-state index is 12.9. The van der Waals surface area contributed by atoms with E-state index < -0.39 is 53.0 Å². The molecule has 39 heavy (non-hydrogen) atoms. The summed E-state index contributed by atoms with van der Waals surface area (Å²) in [5.74, 6) is -0.759. The maximum absolute atomic E-state index is 12.9. The highest BCUT2D eigenvalue weighted by Crippen LogP contribution is 2.33. The minimum Gasteiger partial charge on any atom is -0.396 e. The average Bonchev–Trinajstić information content (AvgIpc) is 2.81. The number of carbonyl (C=O) groups excluding carboxylic acids is 1. The van der Waals surface area contributed by atoms with Crippen LogP contribution < -0.4 is 10.2 Å². The normalized spacial score (nSPS) is 13.4. The van der Waals surface area contributed by atoms with Crippen molar-refractivity contribution in [2.24, 2.45) is 0 Å². The van der Waals surface area contributed by atoms with E-state index in [1.807, 2.05) is 0 Å². The van der Waals surface area contributed by atoms with E-state index in [-0.39, 0.29) is 57.8 Å². The molecule has 0 aliphatic heterocycles. The summed E-state index contributed by atoms with van der Waals surface area (Å²) in [6.45, 7) is 1.06. The fourth-order valence-corrected chi connectivity index (χ4v) is 4.76. The zero-order valence-electron chi connectivity index (χ0n) is 21.9. The van der Waals surface area contributed by atoms with Gasteiger partial charge in [-0.3, -0.25) is 33.4 Å². The molecule has 1 aromatic carbocycles. The van der Waals surface area contributed by atoms with Crippen LogP contribution in [0.2, 0.25) is 0 Å². The molecule has 222 valence electrons. The summed E-state index contributed by atoms with van der Waals surface area (Å²) in [5, 5.41) is 34.3. The van der Waals surface area contributed by atoms with Gasteiger partial charge in [0.2, 0.25) is 0 Å². The smallest absolute Gasteiger partial charge is 0.299 e. The third-order valence-corrected chi connectivity index (χ3v) is 6.64. The predicted molar refractivity (Wildman–Crippen MR) is 140 cm³/mol. The number of hydrogen-bond donors (Lipinski definition) is 2. The van der Waals surface area contributed by atoms with Gasteiger partial charge >= 0.3 is 0 Å². The molecule has 16 nitrogen and oxygen atoms in total.